The quantitative estimate of drug-likeness (QED) is 0.218. The van der Waals surface area contributed by atoms with E-state index >= 15 is 0 Å². The molecule has 0 radical (unpaired) electrons. The van der Waals surface area contributed by atoms with E-state index in [4.69, 9.17) is 0 Å². The summed E-state index contributed by atoms with van der Waals surface area (Å²) >= 11 is 7.99. The van der Waals surface area contributed by atoms with Gasteiger partial charge in [-0.1, -0.05) is 61.4 Å². The minimum atomic E-state index is -0.351. The van der Waals surface area contributed by atoms with Gasteiger partial charge >= 0.3 is 0 Å². The van der Waals surface area contributed by atoms with E-state index in [0.29, 0.717) is 20.9 Å². The van der Waals surface area contributed by atoms with E-state index in [0.717, 1.165) is 14.5 Å². The molecule has 0 spiro atoms. The summed E-state index contributed by atoms with van der Waals surface area (Å²) < 4.78 is 16.0. The number of thiazole rings is 1. The number of halogens is 3. The van der Waals surface area contributed by atoms with Crippen molar-refractivity contribution in [3.05, 3.63) is 92.6 Å². The second-order valence-corrected chi connectivity index (χ2v) is 8.87. The summed E-state index contributed by atoms with van der Waals surface area (Å²) in [6, 6.07) is 18.9. The zero-order valence-corrected chi connectivity index (χ0v) is 18.7. The zero-order chi connectivity index (χ0) is 20.4. The van der Waals surface area contributed by atoms with Crippen molar-refractivity contribution < 1.29 is 9.18 Å². The Labute approximate surface area is 187 Å². The van der Waals surface area contributed by atoms with Gasteiger partial charge in [0.15, 0.2) is 0 Å². The fourth-order valence-corrected chi connectivity index (χ4v) is 4.19. The first kappa shape index (κ1) is 19.9. The predicted molar refractivity (Wildman–Crippen MR) is 122 cm³/mol. The Kier molecular flexibility index (Phi) is 5.84. The number of rotatable bonds is 4. The molecule has 1 amide bonds. The van der Waals surface area contributed by atoms with Crippen molar-refractivity contribution in [2.45, 2.75) is 0 Å². The highest BCUT2D eigenvalue weighted by Crippen LogP contribution is 2.31. The van der Waals surface area contributed by atoms with Gasteiger partial charge in [-0.05, 0) is 54.1 Å². The molecule has 29 heavy (non-hydrogen) atoms. The summed E-state index contributed by atoms with van der Waals surface area (Å²) in [5.41, 5.74) is 1.89. The molecule has 0 aliphatic heterocycles. The Balaban J connectivity index is 1.76. The monoisotopic (exact) mass is 531 g/mol. The Bertz CT molecular complexity index is 1220. The summed E-state index contributed by atoms with van der Waals surface area (Å²) in [6.07, 6.45) is 1.59. The first-order valence-corrected chi connectivity index (χ1v) is 10.9. The van der Waals surface area contributed by atoms with Gasteiger partial charge in [-0.15, -0.1) is 0 Å². The lowest BCUT2D eigenvalue weighted by Gasteiger charge is -2.14. The number of aromatic nitrogens is 1. The summed E-state index contributed by atoms with van der Waals surface area (Å²) in [5.74, 6) is -0.685. The normalized spacial score (nSPS) is 11.3. The molecule has 4 aromatic rings. The number of carbonyl (C=O) groups is 1. The standard InChI is InChI=1S/C21H12Br2FN3OS/c22-15-6-4-13(5-7-15)12-25-27(20(28)14-2-1-3-16(23)10-14)21-26-18-9-8-17(24)11-19(18)29-21/h1-12H/b25-12+. The fourth-order valence-electron chi connectivity index (χ4n) is 2.58. The third-order valence-corrected chi connectivity index (χ3v) is 5.99. The summed E-state index contributed by atoms with van der Waals surface area (Å²) in [7, 11) is 0. The van der Waals surface area contributed by atoms with Crippen LogP contribution < -0.4 is 5.01 Å². The molecule has 0 fully saturated rings. The maximum absolute atomic E-state index is 13.6. The van der Waals surface area contributed by atoms with E-state index in [1.165, 1.54) is 28.5 Å². The molecule has 0 saturated heterocycles. The van der Waals surface area contributed by atoms with Crippen molar-refractivity contribution in [3.8, 4) is 0 Å². The number of anilines is 1. The van der Waals surface area contributed by atoms with Crippen molar-refractivity contribution in [2.24, 2.45) is 5.10 Å². The average Bonchev–Trinajstić information content (AvgIpc) is 3.12. The van der Waals surface area contributed by atoms with Gasteiger partial charge < -0.3 is 0 Å². The lowest BCUT2D eigenvalue weighted by atomic mass is 10.2. The molecule has 0 saturated carbocycles. The van der Waals surface area contributed by atoms with Gasteiger partial charge in [0.2, 0.25) is 5.13 Å². The highest BCUT2D eigenvalue weighted by molar-refractivity contribution is 9.10. The van der Waals surface area contributed by atoms with E-state index in [9.17, 15) is 9.18 Å². The van der Waals surface area contributed by atoms with Crippen LogP contribution in [0.15, 0.2) is 80.8 Å². The molecule has 4 rings (SSSR count). The van der Waals surface area contributed by atoms with E-state index in [2.05, 4.69) is 41.9 Å². The number of hydrogen-bond acceptors (Lipinski definition) is 4. The highest BCUT2D eigenvalue weighted by atomic mass is 79.9. The minimum absolute atomic E-state index is 0.334. The van der Waals surface area contributed by atoms with E-state index in [1.807, 2.05) is 30.3 Å². The topological polar surface area (TPSA) is 45.6 Å². The van der Waals surface area contributed by atoms with Gasteiger partial charge in [0.05, 0.1) is 16.4 Å². The summed E-state index contributed by atoms with van der Waals surface area (Å²) in [5, 5.41) is 6.01. The number of fused-ring (bicyclic) bond motifs is 1. The zero-order valence-electron chi connectivity index (χ0n) is 14.7. The van der Waals surface area contributed by atoms with Crippen LogP contribution in [-0.4, -0.2) is 17.1 Å². The Morgan fingerprint density at radius 3 is 2.59 bits per heavy atom. The van der Waals surface area contributed by atoms with Gasteiger partial charge in [-0.2, -0.15) is 10.1 Å². The van der Waals surface area contributed by atoms with Crippen molar-refractivity contribution in [3.63, 3.8) is 0 Å². The average molecular weight is 533 g/mol. The molecule has 1 heterocycles. The maximum Gasteiger partial charge on any atom is 0.280 e. The largest absolute Gasteiger partial charge is 0.280 e. The smallest absolute Gasteiger partial charge is 0.267 e. The molecular formula is C21H12Br2FN3OS. The molecule has 0 aliphatic carbocycles. The van der Waals surface area contributed by atoms with Crippen LogP contribution in [0.3, 0.4) is 0 Å². The number of amides is 1. The van der Waals surface area contributed by atoms with Crippen LogP contribution in [-0.2, 0) is 0 Å². The third kappa shape index (κ3) is 4.60. The SMILES string of the molecule is O=C(c1cccc(Br)c1)N(/N=C/c1ccc(Br)cc1)c1nc2ccc(F)cc2s1. The van der Waals surface area contributed by atoms with Gasteiger partial charge in [-0.25, -0.2) is 9.37 Å². The lowest BCUT2D eigenvalue weighted by molar-refractivity contribution is 0.0988. The molecule has 1 aromatic heterocycles. The van der Waals surface area contributed by atoms with Crippen LogP contribution in [0.25, 0.3) is 10.2 Å². The Hall–Kier alpha value is -2.42. The lowest BCUT2D eigenvalue weighted by Crippen LogP contribution is -2.25. The molecule has 144 valence electrons. The van der Waals surface area contributed by atoms with Crippen LogP contribution in [0.1, 0.15) is 15.9 Å². The number of carbonyl (C=O) groups excluding carboxylic acids is 1. The van der Waals surface area contributed by atoms with Crippen molar-refractivity contribution in [2.75, 3.05) is 5.01 Å². The van der Waals surface area contributed by atoms with Crippen molar-refractivity contribution in [1.29, 1.82) is 0 Å². The van der Waals surface area contributed by atoms with Gasteiger partial charge in [0.25, 0.3) is 5.91 Å². The van der Waals surface area contributed by atoms with Gasteiger partial charge in [0, 0.05) is 14.5 Å². The molecule has 0 N–H and O–H groups in total. The second-order valence-electron chi connectivity index (χ2n) is 6.03. The number of nitrogens with zero attached hydrogens (tertiary/aromatic N) is 3. The number of benzene rings is 3. The third-order valence-electron chi connectivity index (χ3n) is 3.98. The maximum atomic E-state index is 13.6. The van der Waals surface area contributed by atoms with Gasteiger partial charge in [-0.3, -0.25) is 4.79 Å². The van der Waals surface area contributed by atoms with Crippen LogP contribution >= 0.6 is 43.2 Å². The summed E-state index contributed by atoms with van der Waals surface area (Å²) in [4.78, 5) is 17.7. The fraction of sp³-hybridized carbons (Fsp3) is 0. The molecule has 0 aliphatic rings. The molecular weight excluding hydrogens is 521 g/mol. The molecule has 0 bridgehead atoms. The Morgan fingerprint density at radius 1 is 1.03 bits per heavy atom. The number of hydrogen-bond donors (Lipinski definition) is 0. The van der Waals surface area contributed by atoms with Crippen molar-refractivity contribution in [1.82, 2.24) is 4.98 Å². The predicted octanol–water partition coefficient (Wildman–Crippen LogP) is 6.64. The Morgan fingerprint density at radius 2 is 1.83 bits per heavy atom. The first-order chi connectivity index (χ1) is 14.0. The minimum Gasteiger partial charge on any atom is -0.267 e. The number of hydrazone groups is 1. The summed E-state index contributed by atoms with van der Waals surface area (Å²) in [6.45, 7) is 0. The van der Waals surface area contributed by atoms with E-state index in [-0.39, 0.29) is 11.7 Å². The van der Waals surface area contributed by atoms with E-state index < -0.39 is 0 Å². The van der Waals surface area contributed by atoms with Crippen LogP contribution in [0.2, 0.25) is 0 Å². The first-order valence-electron chi connectivity index (χ1n) is 8.45. The van der Waals surface area contributed by atoms with Gasteiger partial charge in [0.1, 0.15) is 5.82 Å². The molecule has 4 nitrogen and oxygen atoms in total. The van der Waals surface area contributed by atoms with Crippen LogP contribution in [0.5, 0.6) is 0 Å². The van der Waals surface area contributed by atoms with Crippen molar-refractivity contribution >= 4 is 70.7 Å². The highest BCUT2D eigenvalue weighted by Gasteiger charge is 2.21. The van der Waals surface area contributed by atoms with Crippen LogP contribution in [0.4, 0.5) is 9.52 Å². The second kappa shape index (κ2) is 8.52. The molecule has 0 unspecified atom stereocenters. The molecule has 8 heteroatoms. The van der Waals surface area contributed by atoms with E-state index in [1.54, 1.807) is 30.5 Å². The van der Waals surface area contributed by atoms with Crippen LogP contribution in [0, 0.1) is 5.82 Å². The molecule has 3 aromatic carbocycles. The molecule has 0 atom stereocenters.